The van der Waals surface area contributed by atoms with E-state index in [1.807, 2.05) is 45.0 Å². The summed E-state index contributed by atoms with van der Waals surface area (Å²) in [5.74, 6) is -0.0593. The van der Waals surface area contributed by atoms with Crippen LogP contribution in [0.4, 0.5) is 0 Å². The molecule has 0 aliphatic heterocycles. The van der Waals surface area contributed by atoms with Crippen molar-refractivity contribution in [1.82, 2.24) is 4.90 Å². The second-order valence-electron chi connectivity index (χ2n) is 6.19. The van der Waals surface area contributed by atoms with Gasteiger partial charge in [0.25, 0.3) is 5.91 Å². The van der Waals surface area contributed by atoms with Crippen LogP contribution >= 0.6 is 0 Å². The first-order valence-corrected chi connectivity index (χ1v) is 7.45. The van der Waals surface area contributed by atoms with Gasteiger partial charge in [0.15, 0.2) is 0 Å². The van der Waals surface area contributed by atoms with Gasteiger partial charge in [0.2, 0.25) is 0 Å². The molecule has 0 radical (unpaired) electrons. The van der Waals surface area contributed by atoms with Crippen LogP contribution in [0.25, 0.3) is 0 Å². The van der Waals surface area contributed by atoms with Gasteiger partial charge in [-0.05, 0) is 52.3 Å². The third kappa shape index (κ3) is 6.27. The molecule has 1 N–H and O–H groups in total. The largest absolute Gasteiger partial charge is 0.389 e. The molecule has 0 heterocycles. The maximum atomic E-state index is 12.4. The molecule has 0 aromatic heterocycles. The minimum atomic E-state index is -0.892. The van der Waals surface area contributed by atoms with Crippen LogP contribution < -0.4 is 0 Å². The zero-order valence-corrected chi connectivity index (χ0v) is 13.7. The number of rotatable bonds is 7. The van der Waals surface area contributed by atoms with Gasteiger partial charge in [0.05, 0.1) is 18.3 Å². The molecule has 0 bridgehead atoms. The Morgan fingerprint density at radius 3 is 2.29 bits per heavy atom. The number of benzene rings is 1. The highest BCUT2D eigenvalue weighted by molar-refractivity contribution is 5.94. The maximum absolute atomic E-state index is 12.4. The molecule has 0 aliphatic carbocycles. The zero-order valence-electron chi connectivity index (χ0n) is 13.7. The predicted molar refractivity (Wildman–Crippen MR) is 84.2 cm³/mol. The van der Waals surface area contributed by atoms with Crippen LogP contribution in [0.1, 0.15) is 50.5 Å². The minimum Gasteiger partial charge on any atom is -0.389 e. The highest BCUT2D eigenvalue weighted by Crippen LogP contribution is 2.12. The first kappa shape index (κ1) is 17.7. The van der Waals surface area contributed by atoms with Crippen molar-refractivity contribution in [2.24, 2.45) is 0 Å². The molecule has 0 atom stereocenters. The highest BCUT2D eigenvalue weighted by Gasteiger charge is 2.22. The van der Waals surface area contributed by atoms with Crippen molar-refractivity contribution in [3.63, 3.8) is 0 Å². The van der Waals surface area contributed by atoms with E-state index in [1.54, 1.807) is 18.7 Å². The van der Waals surface area contributed by atoms with E-state index in [9.17, 15) is 9.90 Å². The quantitative estimate of drug-likeness (QED) is 0.841. The standard InChI is InChI=1S/C17H27NO3/c1-6-18(12-17(4,5)20)16(19)15-9-7-14(8-10-15)11-21-13(2)3/h7-10,13,20H,6,11-12H2,1-5H3. The zero-order chi connectivity index (χ0) is 16.0. The summed E-state index contributed by atoms with van der Waals surface area (Å²) in [6.07, 6.45) is 0.189. The first-order valence-electron chi connectivity index (χ1n) is 7.45. The molecule has 1 rings (SSSR count). The first-order chi connectivity index (χ1) is 9.73. The number of nitrogens with zero attached hydrogens (tertiary/aromatic N) is 1. The van der Waals surface area contributed by atoms with E-state index in [0.717, 1.165) is 5.56 Å². The van der Waals surface area contributed by atoms with Gasteiger partial charge >= 0.3 is 0 Å². The number of carbonyl (C=O) groups is 1. The summed E-state index contributed by atoms with van der Waals surface area (Å²) >= 11 is 0. The Kier molecular flexibility index (Phi) is 6.37. The summed E-state index contributed by atoms with van der Waals surface area (Å²) in [7, 11) is 0. The lowest BCUT2D eigenvalue weighted by molar-refractivity contribution is 0.0314. The van der Waals surface area contributed by atoms with Crippen LogP contribution in [-0.4, -0.2) is 40.7 Å². The predicted octanol–water partition coefficient (Wildman–Crippen LogP) is 2.84. The van der Waals surface area contributed by atoms with Gasteiger partial charge in [-0.15, -0.1) is 0 Å². The van der Waals surface area contributed by atoms with Crippen LogP contribution in [0.3, 0.4) is 0 Å². The second kappa shape index (κ2) is 7.57. The van der Waals surface area contributed by atoms with Crippen molar-refractivity contribution in [3.8, 4) is 0 Å². The molecule has 0 spiro atoms. The number of hydrogen-bond acceptors (Lipinski definition) is 3. The molecule has 0 saturated carbocycles. The lowest BCUT2D eigenvalue weighted by Crippen LogP contribution is -2.42. The summed E-state index contributed by atoms with van der Waals surface area (Å²) in [6.45, 7) is 10.7. The molecule has 0 fully saturated rings. The molecular weight excluding hydrogens is 266 g/mol. The summed E-state index contributed by atoms with van der Waals surface area (Å²) in [4.78, 5) is 14.1. The number of likely N-dealkylation sites (N-methyl/N-ethyl adjacent to an activating group) is 1. The lowest BCUT2D eigenvalue weighted by Gasteiger charge is -2.28. The molecule has 0 unspecified atom stereocenters. The number of aliphatic hydroxyl groups is 1. The maximum Gasteiger partial charge on any atom is 0.253 e. The number of ether oxygens (including phenoxy) is 1. The van der Waals surface area contributed by atoms with Crippen LogP contribution in [0, 0.1) is 0 Å². The number of hydrogen-bond donors (Lipinski definition) is 1. The van der Waals surface area contributed by atoms with Gasteiger partial charge in [0.1, 0.15) is 0 Å². The van der Waals surface area contributed by atoms with Gasteiger partial charge < -0.3 is 14.7 Å². The topological polar surface area (TPSA) is 49.8 Å². The smallest absolute Gasteiger partial charge is 0.253 e. The minimum absolute atomic E-state index is 0.0593. The number of amides is 1. The summed E-state index contributed by atoms with van der Waals surface area (Å²) < 4.78 is 5.53. The van der Waals surface area contributed by atoms with Crippen LogP contribution in [0.15, 0.2) is 24.3 Å². The third-order valence-corrected chi connectivity index (χ3v) is 3.03. The SMILES string of the molecule is CCN(CC(C)(C)O)C(=O)c1ccc(COC(C)C)cc1. The van der Waals surface area contributed by atoms with E-state index in [-0.39, 0.29) is 12.0 Å². The van der Waals surface area contributed by atoms with E-state index in [4.69, 9.17) is 4.74 Å². The van der Waals surface area contributed by atoms with E-state index < -0.39 is 5.60 Å². The van der Waals surface area contributed by atoms with E-state index >= 15 is 0 Å². The van der Waals surface area contributed by atoms with Crippen LogP contribution in [0.5, 0.6) is 0 Å². The Hall–Kier alpha value is -1.39. The van der Waals surface area contributed by atoms with Gasteiger partial charge in [-0.2, -0.15) is 0 Å². The summed E-state index contributed by atoms with van der Waals surface area (Å²) in [5, 5.41) is 9.87. The molecule has 0 aliphatic rings. The third-order valence-electron chi connectivity index (χ3n) is 3.03. The Morgan fingerprint density at radius 2 is 1.86 bits per heavy atom. The molecule has 118 valence electrons. The summed E-state index contributed by atoms with van der Waals surface area (Å²) in [5.41, 5.74) is 0.789. The highest BCUT2D eigenvalue weighted by atomic mass is 16.5. The van der Waals surface area contributed by atoms with Gasteiger partial charge in [-0.3, -0.25) is 4.79 Å². The molecule has 0 saturated heterocycles. The van der Waals surface area contributed by atoms with Crippen molar-refractivity contribution in [2.45, 2.75) is 52.9 Å². The van der Waals surface area contributed by atoms with Crippen molar-refractivity contribution in [2.75, 3.05) is 13.1 Å². The summed E-state index contributed by atoms with van der Waals surface area (Å²) in [6, 6.07) is 7.45. The van der Waals surface area contributed by atoms with Crippen molar-refractivity contribution < 1.29 is 14.6 Å². The van der Waals surface area contributed by atoms with Crippen molar-refractivity contribution >= 4 is 5.91 Å². The molecule has 21 heavy (non-hydrogen) atoms. The van der Waals surface area contributed by atoms with Gasteiger partial charge in [-0.25, -0.2) is 0 Å². The molecule has 1 aromatic carbocycles. The van der Waals surface area contributed by atoms with Crippen molar-refractivity contribution in [3.05, 3.63) is 35.4 Å². The normalized spacial score (nSPS) is 11.8. The molecular formula is C17H27NO3. The van der Waals surface area contributed by atoms with Crippen molar-refractivity contribution in [1.29, 1.82) is 0 Å². The average molecular weight is 293 g/mol. The molecule has 4 nitrogen and oxygen atoms in total. The van der Waals surface area contributed by atoms with Gasteiger partial charge in [-0.1, -0.05) is 12.1 Å². The van der Waals surface area contributed by atoms with E-state index in [1.165, 1.54) is 0 Å². The lowest BCUT2D eigenvalue weighted by atomic mass is 10.1. The second-order valence-corrected chi connectivity index (χ2v) is 6.19. The Balaban J connectivity index is 2.73. The van der Waals surface area contributed by atoms with Gasteiger partial charge in [0, 0.05) is 18.7 Å². The van der Waals surface area contributed by atoms with E-state index in [2.05, 4.69) is 0 Å². The fourth-order valence-electron chi connectivity index (χ4n) is 1.98. The monoisotopic (exact) mass is 293 g/mol. The molecule has 1 aromatic rings. The fraction of sp³-hybridized carbons (Fsp3) is 0.588. The Labute approximate surface area is 127 Å². The van der Waals surface area contributed by atoms with Crippen LogP contribution in [-0.2, 0) is 11.3 Å². The Morgan fingerprint density at radius 1 is 1.29 bits per heavy atom. The number of carbonyl (C=O) groups excluding carboxylic acids is 1. The van der Waals surface area contributed by atoms with Crippen LogP contribution in [0.2, 0.25) is 0 Å². The average Bonchev–Trinajstić information content (AvgIpc) is 2.41. The Bertz CT molecular complexity index is 446. The van der Waals surface area contributed by atoms with E-state index in [0.29, 0.717) is 25.3 Å². The molecule has 4 heteroatoms. The molecule has 1 amide bonds. The fourth-order valence-corrected chi connectivity index (χ4v) is 1.98.